The average molecular weight is 370 g/mol. The van der Waals surface area contributed by atoms with Gasteiger partial charge < -0.3 is 10.1 Å². The number of benzene rings is 3. The first-order valence-corrected chi connectivity index (χ1v) is 8.86. The van der Waals surface area contributed by atoms with E-state index in [9.17, 15) is 4.39 Å². The second kappa shape index (κ2) is 8.24. The van der Waals surface area contributed by atoms with E-state index >= 15 is 0 Å². The second-order valence-corrected chi connectivity index (χ2v) is 6.74. The molecule has 0 saturated carbocycles. The molecule has 0 unspecified atom stereocenters. The van der Waals surface area contributed by atoms with E-state index in [0.29, 0.717) is 22.9 Å². The third-order valence-electron chi connectivity index (χ3n) is 4.23. The number of ether oxygens (including phenoxy) is 1. The minimum Gasteiger partial charge on any atom is -0.488 e. The van der Waals surface area contributed by atoms with Crippen LogP contribution in [0.4, 0.5) is 10.1 Å². The van der Waals surface area contributed by atoms with Crippen LogP contribution in [0.2, 0.25) is 5.02 Å². The molecule has 0 aliphatic rings. The van der Waals surface area contributed by atoms with E-state index in [-0.39, 0.29) is 12.4 Å². The van der Waals surface area contributed by atoms with Crippen molar-refractivity contribution in [2.24, 2.45) is 0 Å². The molecule has 1 N–H and O–H groups in total. The van der Waals surface area contributed by atoms with Gasteiger partial charge in [-0.2, -0.15) is 0 Å². The Balaban J connectivity index is 1.75. The number of aryl methyl sites for hydroxylation is 2. The number of hydrogen-bond donors (Lipinski definition) is 1. The molecule has 0 spiro atoms. The molecule has 26 heavy (non-hydrogen) atoms. The normalized spacial score (nSPS) is 10.6. The molecule has 0 aromatic heterocycles. The number of rotatable bonds is 6. The third kappa shape index (κ3) is 4.55. The van der Waals surface area contributed by atoms with Crippen molar-refractivity contribution in [1.29, 1.82) is 0 Å². The van der Waals surface area contributed by atoms with Crippen LogP contribution in [0, 0.1) is 19.7 Å². The van der Waals surface area contributed by atoms with E-state index in [1.54, 1.807) is 24.3 Å². The van der Waals surface area contributed by atoms with E-state index in [4.69, 9.17) is 16.3 Å². The third-order valence-corrected chi connectivity index (χ3v) is 4.46. The Morgan fingerprint density at radius 1 is 0.962 bits per heavy atom. The van der Waals surface area contributed by atoms with E-state index in [2.05, 4.69) is 37.4 Å². The summed E-state index contributed by atoms with van der Waals surface area (Å²) in [4.78, 5) is 0. The van der Waals surface area contributed by atoms with Crippen molar-refractivity contribution in [2.45, 2.75) is 27.0 Å². The van der Waals surface area contributed by atoms with Crippen LogP contribution < -0.4 is 10.1 Å². The summed E-state index contributed by atoms with van der Waals surface area (Å²) < 4.78 is 19.7. The van der Waals surface area contributed by atoms with Gasteiger partial charge in [-0.1, -0.05) is 41.9 Å². The summed E-state index contributed by atoms with van der Waals surface area (Å²) in [7, 11) is 0. The molecule has 0 fully saturated rings. The first kappa shape index (κ1) is 18.3. The number of hydrogen-bond acceptors (Lipinski definition) is 2. The summed E-state index contributed by atoms with van der Waals surface area (Å²) in [6.07, 6.45) is 0. The Hall–Kier alpha value is -2.52. The average Bonchev–Trinajstić information content (AvgIpc) is 2.63. The minimum absolute atomic E-state index is 0.171. The van der Waals surface area contributed by atoms with E-state index in [0.717, 1.165) is 11.3 Å². The molecule has 3 aromatic carbocycles. The Morgan fingerprint density at radius 3 is 2.58 bits per heavy atom. The van der Waals surface area contributed by atoms with Gasteiger partial charge in [0.2, 0.25) is 0 Å². The van der Waals surface area contributed by atoms with Crippen LogP contribution in [-0.4, -0.2) is 0 Å². The van der Waals surface area contributed by atoms with Crippen LogP contribution in [-0.2, 0) is 13.2 Å². The van der Waals surface area contributed by atoms with Crippen molar-refractivity contribution in [2.75, 3.05) is 5.32 Å². The first-order chi connectivity index (χ1) is 12.5. The molecule has 0 heterocycles. The lowest BCUT2D eigenvalue weighted by Crippen LogP contribution is -2.05. The lowest BCUT2D eigenvalue weighted by molar-refractivity contribution is 0.297. The fraction of sp³-hybridized carbons (Fsp3) is 0.182. The van der Waals surface area contributed by atoms with Gasteiger partial charge in [0, 0.05) is 28.4 Å². The lowest BCUT2D eigenvalue weighted by atomic mass is 10.1. The smallest absolute Gasteiger partial charge is 0.129 e. The fourth-order valence-corrected chi connectivity index (χ4v) is 2.91. The fourth-order valence-electron chi connectivity index (χ4n) is 2.71. The zero-order valence-electron chi connectivity index (χ0n) is 14.9. The molecule has 0 aliphatic heterocycles. The molecule has 134 valence electrons. The SMILES string of the molecule is Cc1ccc(C)c(NCc2cc(Cl)ccc2OCc2ccccc2F)c1. The van der Waals surface area contributed by atoms with Crippen LogP contribution in [0.15, 0.2) is 60.7 Å². The summed E-state index contributed by atoms with van der Waals surface area (Å²) >= 11 is 6.15. The molecule has 3 rings (SSSR count). The Morgan fingerprint density at radius 2 is 1.77 bits per heavy atom. The first-order valence-electron chi connectivity index (χ1n) is 8.48. The predicted molar refractivity (Wildman–Crippen MR) is 105 cm³/mol. The highest BCUT2D eigenvalue weighted by Gasteiger charge is 2.08. The molecule has 3 aromatic rings. The summed E-state index contributed by atoms with van der Waals surface area (Å²) in [6, 6.07) is 18.4. The largest absolute Gasteiger partial charge is 0.488 e. The van der Waals surface area contributed by atoms with Crippen molar-refractivity contribution in [3.05, 3.63) is 93.8 Å². The van der Waals surface area contributed by atoms with Crippen LogP contribution in [0.3, 0.4) is 0 Å². The molecule has 0 bridgehead atoms. The molecule has 0 atom stereocenters. The quantitative estimate of drug-likeness (QED) is 0.551. The molecular formula is C22H21ClFNO. The van der Waals surface area contributed by atoms with Crippen molar-refractivity contribution in [1.82, 2.24) is 0 Å². The van der Waals surface area contributed by atoms with Gasteiger partial charge in [-0.3, -0.25) is 0 Å². The van der Waals surface area contributed by atoms with E-state index in [1.165, 1.54) is 17.2 Å². The standard InChI is InChI=1S/C22H21ClFNO/c1-15-7-8-16(2)21(11-15)25-13-18-12-19(23)9-10-22(18)26-14-17-5-3-4-6-20(17)24/h3-12,25H,13-14H2,1-2H3. The summed E-state index contributed by atoms with van der Waals surface area (Å²) in [5, 5.41) is 4.07. The predicted octanol–water partition coefficient (Wildman–Crippen LogP) is 6.29. The molecule has 0 radical (unpaired) electrons. The Labute approximate surface area is 158 Å². The van der Waals surface area contributed by atoms with Gasteiger partial charge in [-0.15, -0.1) is 0 Å². The van der Waals surface area contributed by atoms with Crippen LogP contribution in [0.5, 0.6) is 5.75 Å². The Bertz CT molecular complexity index is 910. The van der Waals surface area contributed by atoms with Gasteiger partial charge in [-0.25, -0.2) is 4.39 Å². The molecular weight excluding hydrogens is 349 g/mol. The number of anilines is 1. The van der Waals surface area contributed by atoms with Gasteiger partial charge in [0.05, 0.1) is 0 Å². The maximum Gasteiger partial charge on any atom is 0.129 e. The topological polar surface area (TPSA) is 21.3 Å². The lowest BCUT2D eigenvalue weighted by Gasteiger charge is -2.15. The van der Waals surface area contributed by atoms with Crippen LogP contribution in [0.25, 0.3) is 0 Å². The van der Waals surface area contributed by atoms with Gasteiger partial charge in [0.15, 0.2) is 0 Å². The summed E-state index contributed by atoms with van der Waals surface area (Å²) in [6.45, 7) is 4.87. The van der Waals surface area contributed by atoms with Crippen molar-refractivity contribution in [3.8, 4) is 5.75 Å². The summed E-state index contributed by atoms with van der Waals surface area (Å²) in [5.41, 5.74) is 4.89. The van der Waals surface area contributed by atoms with E-state index < -0.39 is 0 Å². The zero-order chi connectivity index (χ0) is 18.5. The molecule has 0 saturated heterocycles. The maximum atomic E-state index is 13.8. The molecule has 0 aliphatic carbocycles. The molecule has 2 nitrogen and oxygen atoms in total. The van der Waals surface area contributed by atoms with Crippen molar-refractivity contribution in [3.63, 3.8) is 0 Å². The molecule has 0 amide bonds. The molecule has 4 heteroatoms. The highest BCUT2D eigenvalue weighted by Crippen LogP contribution is 2.26. The van der Waals surface area contributed by atoms with Gasteiger partial charge in [0.1, 0.15) is 18.2 Å². The zero-order valence-corrected chi connectivity index (χ0v) is 15.6. The monoisotopic (exact) mass is 369 g/mol. The van der Waals surface area contributed by atoms with Crippen LogP contribution >= 0.6 is 11.6 Å². The minimum atomic E-state index is -0.267. The highest BCUT2D eigenvalue weighted by molar-refractivity contribution is 6.30. The van der Waals surface area contributed by atoms with Gasteiger partial charge in [-0.05, 0) is 55.3 Å². The number of halogens is 2. The van der Waals surface area contributed by atoms with Gasteiger partial charge >= 0.3 is 0 Å². The highest BCUT2D eigenvalue weighted by atomic mass is 35.5. The Kier molecular flexibility index (Phi) is 5.79. The van der Waals surface area contributed by atoms with Crippen LogP contribution in [0.1, 0.15) is 22.3 Å². The van der Waals surface area contributed by atoms with Gasteiger partial charge in [0.25, 0.3) is 0 Å². The van der Waals surface area contributed by atoms with E-state index in [1.807, 2.05) is 12.1 Å². The van der Waals surface area contributed by atoms with Crippen molar-refractivity contribution < 1.29 is 9.13 Å². The summed E-state index contributed by atoms with van der Waals surface area (Å²) in [5.74, 6) is 0.423. The maximum absolute atomic E-state index is 13.8. The number of nitrogens with one attached hydrogen (secondary N) is 1. The second-order valence-electron chi connectivity index (χ2n) is 6.30. The van der Waals surface area contributed by atoms with Crippen molar-refractivity contribution >= 4 is 17.3 Å².